The molecule has 0 fully saturated rings. The molecule has 0 aliphatic heterocycles. The van der Waals surface area contributed by atoms with Crippen molar-refractivity contribution in [2.75, 3.05) is 32.3 Å². The quantitative estimate of drug-likeness (QED) is 0.599. The first kappa shape index (κ1) is 11.9. The summed E-state index contributed by atoms with van der Waals surface area (Å²) in [5.41, 5.74) is 0. The van der Waals surface area contributed by atoms with Gasteiger partial charge in [0.2, 0.25) is 0 Å². The van der Waals surface area contributed by atoms with Crippen LogP contribution in [0.2, 0.25) is 0 Å². The normalized spacial score (nSPS) is 15.5. The minimum absolute atomic E-state index is 0.262. The molecule has 0 N–H and O–H groups in total. The van der Waals surface area contributed by atoms with Gasteiger partial charge in [0, 0.05) is 0 Å². The predicted molar refractivity (Wildman–Crippen MR) is 61.1 cm³/mol. The summed E-state index contributed by atoms with van der Waals surface area (Å²) in [7, 11) is 0.598. The van der Waals surface area contributed by atoms with Gasteiger partial charge in [-0.25, -0.2) is 0 Å². The third kappa shape index (κ3) is 6.06. The van der Waals surface area contributed by atoms with E-state index < -0.39 is 0 Å². The van der Waals surface area contributed by atoms with Crippen molar-refractivity contribution in [2.24, 2.45) is 0 Å². The average Bonchev–Trinajstić information content (AvgIpc) is 1.80. The van der Waals surface area contributed by atoms with Gasteiger partial charge < -0.3 is 0 Å². The van der Waals surface area contributed by atoms with Crippen molar-refractivity contribution in [2.45, 2.75) is 25.9 Å². The van der Waals surface area contributed by atoms with Gasteiger partial charge in [-0.3, -0.25) is 0 Å². The zero-order valence-corrected chi connectivity index (χ0v) is 10.6. The van der Waals surface area contributed by atoms with Gasteiger partial charge in [-0.05, 0) is 37.5 Å². The molecule has 0 aromatic heterocycles. The summed E-state index contributed by atoms with van der Waals surface area (Å²) >= 11 is 0. The molecule has 1 unspecified atom stereocenters. The Labute approximate surface area is 74.7 Å². The maximum Gasteiger partial charge on any atom is -0.0182 e. The zero-order chi connectivity index (χ0) is 9.07. The summed E-state index contributed by atoms with van der Waals surface area (Å²) < 4.78 is 0. The molecule has 0 spiro atoms. The summed E-state index contributed by atoms with van der Waals surface area (Å²) in [6.45, 7) is 14.3. The summed E-state index contributed by atoms with van der Waals surface area (Å²) in [6.07, 6.45) is 2.94. The van der Waals surface area contributed by atoms with Crippen molar-refractivity contribution in [3.63, 3.8) is 0 Å². The second-order valence-corrected chi connectivity index (χ2v) is 10.2. The van der Waals surface area contributed by atoms with Gasteiger partial charge in [0.05, 0.1) is 0 Å². The van der Waals surface area contributed by atoms with Crippen LogP contribution in [0.15, 0.2) is 0 Å². The standard InChI is InChI=1S/C9H22P2/c1-9(2,3)11(6)8-7-10(4)5/h7-8H2,1-6H3. The Balaban J connectivity index is 3.61. The Morgan fingerprint density at radius 3 is 1.64 bits per heavy atom. The minimum atomic E-state index is 0.262. The lowest BCUT2D eigenvalue weighted by Crippen LogP contribution is -2.13. The lowest BCUT2D eigenvalue weighted by Gasteiger charge is -2.28. The van der Waals surface area contributed by atoms with Crippen molar-refractivity contribution in [3.05, 3.63) is 0 Å². The van der Waals surface area contributed by atoms with E-state index in [2.05, 4.69) is 40.8 Å². The van der Waals surface area contributed by atoms with E-state index in [1.807, 2.05) is 0 Å². The lowest BCUT2D eigenvalue weighted by atomic mass is 10.3. The largest absolute Gasteiger partial charge is 0.113 e. The van der Waals surface area contributed by atoms with E-state index in [4.69, 9.17) is 0 Å². The summed E-state index contributed by atoms with van der Waals surface area (Å²) in [5, 5.41) is 0.570. The lowest BCUT2D eigenvalue weighted by molar-refractivity contribution is 0.784. The van der Waals surface area contributed by atoms with Crippen LogP contribution in [0.25, 0.3) is 0 Å². The zero-order valence-electron chi connectivity index (χ0n) is 8.81. The number of hydrogen-bond donors (Lipinski definition) is 0. The first-order chi connectivity index (χ1) is 4.84. The molecule has 1 atom stereocenters. The Hall–Kier alpha value is 0.860. The van der Waals surface area contributed by atoms with E-state index in [0.717, 1.165) is 0 Å². The summed E-state index contributed by atoms with van der Waals surface area (Å²) in [4.78, 5) is 0. The first-order valence-electron chi connectivity index (χ1n) is 4.20. The topological polar surface area (TPSA) is 0 Å². The smallest absolute Gasteiger partial charge is 0.0182 e. The van der Waals surface area contributed by atoms with E-state index in [1.54, 1.807) is 0 Å². The number of rotatable bonds is 3. The fourth-order valence-electron chi connectivity index (χ4n) is 0.685. The van der Waals surface area contributed by atoms with Gasteiger partial charge in [0.25, 0.3) is 0 Å². The predicted octanol–water partition coefficient (Wildman–Crippen LogP) is 3.64. The summed E-state index contributed by atoms with van der Waals surface area (Å²) in [6, 6.07) is 0. The molecule has 0 aliphatic rings. The van der Waals surface area contributed by atoms with E-state index in [1.165, 1.54) is 12.3 Å². The Morgan fingerprint density at radius 1 is 0.909 bits per heavy atom. The molecule has 0 aromatic carbocycles. The van der Waals surface area contributed by atoms with Gasteiger partial charge in [0.15, 0.2) is 0 Å². The number of hydrogen-bond acceptors (Lipinski definition) is 0. The molecule has 68 valence electrons. The van der Waals surface area contributed by atoms with Gasteiger partial charge in [0.1, 0.15) is 0 Å². The molecule has 0 saturated carbocycles. The van der Waals surface area contributed by atoms with Crippen molar-refractivity contribution in [1.29, 1.82) is 0 Å². The van der Waals surface area contributed by atoms with Crippen LogP contribution in [-0.4, -0.2) is 37.5 Å². The highest BCUT2D eigenvalue weighted by Crippen LogP contribution is 2.47. The van der Waals surface area contributed by atoms with Crippen molar-refractivity contribution >= 4 is 15.8 Å². The highest BCUT2D eigenvalue weighted by atomic mass is 31.1. The maximum absolute atomic E-state index is 2.44. The van der Waals surface area contributed by atoms with Crippen LogP contribution in [0.4, 0.5) is 0 Å². The molecule has 11 heavy (non-hydrogen) atoms. The molecule has 0 rings (SSSR count). The van der Waals surface area contributed by atoms with Crippen molar-refractivity contribution < 1.29 is 0 Å². The fraction of sp³-hybridized carbons (Fsp3) is 1.00. The Bertz CT molecular complexity index is 103. The van der Waals surface area contributed by atoms with E-state index in [0.29, 0.717) is 13.1 Å². The van der Waals surface area contributed by atoms with Crippen LogP contribution in [0.5, 0.6) is 0 Å². The Morgan fingerprint density at radius 2 is 1.36 bits per heavy atom. The van der Waals surface area contributed by atoms with Gasteiger partial charge in [-0.1, -0.05) is 20.8 Å². The minimum Gasteiger partial charge on any atom is -0.113 e. The van der Waals surface area contributed by atoms with Crippen LogP contribution in [0.3, 0.4) is 0 Å². The van der Waals surface area contributed by atoms with E-state index >= 15 is 0 Å². The van der Waals surface area contributed by atoms with Crippen LogP contribution in [-0.2, 0) is 0 Å². The molecule has 0 heterocycles. The van der Waals surface area contributed by atoms with Crippen LogP contribution in [0.1, 0.15) is 20.8 Å². The third-order valence-corrected chi connectivity index (χ3v) is 6.68. The van der Waals surface area contributed by atoms with Crippen LogP contribution >= 0.6 is 15.8 Å². The molecule has 0 bridgehead atoms. The average molecular weight is 192 g/mol. The van der Waals surface area contributed by atoms with Crippen LogP contribution in [0, 0.1) is 0 Å². The second-order valence-electron chi connectivity index (χ2n) is 4.40. The van der Waals surface area contributed by atoms with Crippen LogP contribution < -0.4 is 0 Å². The van der Waals surface area contributed by atoms with Gasteiger partial charge in [-0.2, -0.15) is 0 Å². The SMILES string of the molecule is CP(C)CCP(C)C(C)(C)C. The highest BCUT2D eigenvalue weighted by Gasteiger charge is 2.18. The molecule has 0 aliphatic carbocycles. The van der Waals surface area contributed by atoms with Gasteiger partial charge >= 0.3 is 0 Å². The third-order valence-electron chi connectivity index (χ3n) is 2.03. The molecule has 0 nitrogen and oxygen atoms in total. The highest BCUT2D eigenvalue weighted by molar-refractivity contribution is 7.61. The molecule has 0 amide bonds. The van der Waals surface area contributed by atoms with Gasteiger partial charge in [-0.15, -0.1) is 15.8 Å². The molecule has 0 aromatic rings. The molecule has 2 heteroatoms. The molecule has 0 saturated heterocycles. The second kappa shape index (κ2) is 4.78. The monoisotopic (exact) mass is 192 g/mol. The fourth-order valence-corrected chi connectivity index (χ4v) is 4.16. The maximum atomic E-state index is 2.44. The molecular weight excluding hydrogens is 170 g/mol. The Kier molecular flexibility index (Phi) is 5.16. The van der Waals surface area contributed by atoms with Crippen molar-refractivity contribution in [1.82, 2.24) is 0 Å². The van der Waals surface area contributed by atoms with E-state index in [9.17, 15) is 0 Å². The molecular formula is C9H22P2. The van der Waals surface area contributed by atoms with Crippen molar-refractivity contribution in [3.8, 4) is 0 Å². The first-order valence-corrected chi connectivity index (χ1v) is 8.59. The van der Waals surface area contributed by atoms with E-state index in [-0.39, 0.29) is 7.92 Å². The summed E-state index contributed by atoms with van der Waals surface area (Å²) in [5.74, 6) is 0. The molecule has 0 radical (unpaired) electrons.